The van der Waals surface area contributed by atoms with E-state index in [9.17, 15) is 0 Å². The van der Waals surface area contributed by atoms with Crippen molar-refractivity contribution in [3.63, 3.8) is 0 Å². The zero-order valence-corrected chi connectivity index (χ0v) is 8.14. The topological polar surface area (TPSA) is 24.4 Å². The van der Waals surface area contributed by atoms with E-state index in [-0.39, 0.29) is 0 Å². The van der Waals surface area contributed by atoms with Crippen molar-refractivity contribution >= 4 is 5.71 Å². The van der Waals surface area contributed by atoms with Gasteiger partial charge >= 0.3 is 0 Å². The molecule has 0 aromatic heterocycles. The first-order valence-corrected chi connectivity index (χ1v) is 4.53. The summed E-state index contributed by atoms with van der Waals surface area (Å²) in [6.07, 6.45) is 6.01. The van der Waals surface area contributed by atoms with E-state index in [1.54, 1.807) is 0 Å². The number of allylic oxidation sites excluding steroid dienone is 4. The van der Waals surface area contributed by atoms with Gasteiger partial charge < -0.3 is 5.43 Å². The Balaban J connectivity index is 2.82. The minimum absolute atomic E-state index is 0.973. The number of nitrogens with one attached hydrogen (secondary N) is 1. The predicted molar refractivity (Wildman–Crippen MR) is 57.8 cm³/mol. The first kappa shape index (κ1) is 9.78. The first-order valence-electron chi connectivity index (χ1n) is 4.53. The van der Waals surface area contributed by atoms with Gasteiger partial charge in [0.05, 0.1) is 5.71 Å². The number of nitrogens with zero attached hydrogens (tertiary/aromatic N) is 1. The van der Waals surface area contributed by atoms with E-state index in [1.807, 2.05) is 19.1 Å². The summed E-state index contributed by atoms with van der Waals surface area (Å²) in [7, 11) is 0. The number of hydrazone groups is 1. The van der Waals surface area contributed by atoms with Crippen molar-refractivity contribution in [3.05, 3.63) is 36.5 Å². The van der Waals surface area contributed by atoms with Gasteiger partial charge in [0.15, 0.2) is 0 Å². The smallest absolute Gasteiger partial charge is 0.0675 e. The molecule has 1 N–H and O–H groups in total. The summed E-state index contributed by atoms with van der Waals surface area (Å²) in [5, 5.41) is 4.24. The van der Waals surface area contributed by atoms with E-state index < -0.39 is 0 Å². The Labute approximate surface area is 79.7 Å². The predicted octanol–water partition coefficient (Wildman–Crippen LogP) is 2.41. The van der Waals surface area contributed by atoms with Crippen molar-refractivity contribution in [2.24, 2.45) is 5.10 Å². The molecule has 0 aromatic rings. The lowest BCUT2D eigenvalue weighted by Crippen LogP contribution is -2.19. The molecule has 0 saturated heterocycles. The van der Waals surface area contributed by atoms with Crippen LogP contribution < -0.4 is 5.43 Å². The quantitative estimate of drug-likeness (QED) is 0.656. The Morgan fingerprint density at radius 2 is 2.38 bits per heavy atom. The van der Waals surface area contributed by atoms with Crippen molar-refractivity contribution < 1.29 is 0 Å². The lowest BCUT2D eigenvalue weighted by atomic mass is 10.0. The standard InChI is InChI=1S/C11H16N2/c1-4-10(8-9(2)3)11-6-5-7-12-13-11/h4,8,12H,1-2,5-7H2,3H3/b10-8+. The van der Waals surface area contributed by atoms with Crippen LogP contribution in [0.25, 0.3) is 0 Å². The highest BCUT2D eigenvalue weighted by atomic mass is 15.3. The molecule has 1 heterocycles. The molecule has 1 aliphatic heterocycles. The maximum absolute atomic E-state index is 4.24. The molecule has 0 bridgehead atoms. The van der Waals surface area contributed by atoms with E-state index in [0.717, 1.165) is 36.2 Å². The van der Waals surface area contributed by atoms with Crippen LogP contribution in [0.15, 0.2) is 41.6 Å². The van der Waals surface area contributed by atoms with Gasteiger partial charge in [-0.2, -0.15) is 5.10 Å². The zero-order valence-electron chi connectivity index (χ0n) is 8.14. The molecule has 1 rings (SSSR count). The summed E-state index contributed by atoms with van der Waals surface area (Å²) in [5.41, 5.74) is 6.19. The average molecular weight is 176 g/mol. The summed E-state index contributed by atoms with van der Waals surface area (Å²) in [4.78, 5) is 0. The van der Waals surface area contributed by atoms with Crippen molar-refractivity contribution in [2.45, 2.75) is 19.8 Å². The summed E-state index contributed by atoms with van der Waals surface area (Å²) < 4.78 is 0. The first-order chi connectivity index (χ1) is 6.24. The van der Waals surface area contributed by atoms with Gasteiger partial charge in [-0.1, -0.05) is 30.9 Å². The van der Waals surface area contributed by atoms with Crippen LogP contribution in [0.3, 0.4) is 0 Å². The summed E-state index contributed by atoms with van der Waals surface area (Å²) in [6.45, 7) is 10.6. The van der Waals surface area contributed by atoms with Crippen LogP contribution in [0, 0.1) is 0 Å². The third kappa shape index (κ3) is 2.90. The third-order valence-corrected chi connectivity index (χ3v) is 1.87. The Hall–Kier alpha value is -1.31. The fourth-order valence-electron chi connectivity index (χ4n) is 1.28. The highest BCUT2D eigenvalue weighted by molar-refractivity contribution is 6.02. The normalized spacial score (nSPS) is 17.3. The zero-order chi connectivity index (χ0) is 9.68. The number of rotatable bonds is 3. The molecule has 0 aliphatic carbocycles. The molecule has 0 atom stereocenters. The van der Waals surface area contributed by atoms with Gasteiger partial charge in [0.25, 0.3) is 0 Å². The summed E-state index contributed by atoms with van der Waals surface area (Å²) >= 11 is 0. The van der Waals surface area contributed by atoms with Gasteiger partial charge in [-0.3, -0.25) is 0 Å². The van der Waals surface area contributed by atoms with Gasteiger partial charge in [0, 0.05) is 6.54 Å². The van der Waals surface area contributed by atoms with E-state index in [2.05, 4.69) is 23.7 Å². The second kappa shape index (κ2) is 4.65. The lowest BCUT2D eigenvalue weighted by Gasteiger charge is -2.13. The largest absolute Gasteiger partial charge is 0.310 e. The number of hydrogen-bond acceptors (Lipinski definition) is 2. The molecule has 0 aromatic carbocycles. The Morgan fingerprint density at radius 1 is 1.62 bits per heavy atom. The number of hydrogen-bond donors (Lipinski definition) is 1. The minimum atomic E-state index is 0.973. The van der Waals surface area contributed by atoms with Gasteiger partial charge in [-0.15, -0.1) is 0 Å². The molecule has 0 amide bonds. The second-order valence-electron chi connectivity index (χ2n) is 3.22. The van der Waals surface area contributed by atoms with E-state index in [0.29, 0.717) is 0 Å². The van der Waals surface area contributed by atoms with Crippen LogP contribution in [-0.4, -0.2) is 12.3 Å². The lowest BCUT2D eigenvalue weighted by molar-refractivity contribution is 0.662. The van der Waals surface area contributed by atoms with Gasteiger partial charge in [-0.05, 0) is 25.3 Å². The van der Waals surface area contributed by atoms with Crippen molar-refractivity contribution in [3.8, 4) is 0 Å². The molecule has 0 radical (unpaired) electrons. The highest BCUT2D eigenvalue weighted by Gasteiger charge is 2.07. The molecular weight excluding hydrogens is 160 g/mol. The third-order valence-electron chi connectivity index (χ3n) is 1.87. The van der Waals surface area contributed by atoms with Crippen molar-refractivity contribution in [1.82, 2.24) is 5.43 Å². The molecule has 0 saturated carbocycles. The molecule has 2 nitrogen and oxygen atoms in total. The summed E-state index contributed by atoms with van der Waals surface area (Å²) in [5.74, 6) is 0. The molecule has 70 valence electrons. The molecule has 2 heteroatoms. The maximum atomic E-state index is 4.24. The SMILES string of the molecule is C=C/C(=C\C(=C)C)C1=NNCCC1. The minimum Gasteiger partial charge on any atom is -0.310 e. The highest BCUT2D eigenvalue weighted by Crippen LogP contribution is 2.10. The molecule has 0 spiro atoms. The molecule has 0 fully saturated rings. The van der Waals surface area contributed by atoms with Gasteiger partial charge in [-0.25, -0.2) is 0 Å². The molecule has 1 aliphatic rings. The van der Waals surface area contributed by atoms with Crippen LogP contribution in [0.1, 0.15) is 19.8 Å². The van der Waals surface area contributed by atoms with Crippen molar-refractivity contribution in [2.75, 3.05) is 6.54 Å². The Kier molecular flexibility index (Phi) is 3.50. The Bertz CT molecular complexity index is 272. The van der Waals surface area contributed by atoms with Crippen LogP contribution in [0.5, 0.6) is 0 Å². The van der Waals surface area contributed by atoms with Crippen LogP contribution >= 0.6 is 0 Å². The average Bonchev–Trinajstić information content (AvgIpc) is 2.15. The van der Waals surface area contributed by atoms with E-state index in [4.69, 9.17) is 0 Å². The molecule has 0 unspecified atom stereocenters. The molecular formula is C11H16N2. The van der Waals surface area contributed by atoms with Crippen LogP contribution in [0.4, 0.5) is 0 Å². The maximum Gasteiger partial charge on any atom is 0.0675 e. The fourth-order valence-corrected chi connectivity index (χ4v) is 1.28. The molecule has 13 heavy (non-hydrogen) atoms. The fraction of sp³-hybridized carbons (Fsp3) is 0.364. The van der Waals surface area contributed by atoms with E-state index in [1.165, 1.54) is 0 Å². The van der Waals surface area contributed by atoms with E-state index >= 15 is 0 Å². The monoisotopic (exact) mass is 176 g/mol. The van der Waals surface area contributed by atoms with Crippen molar-refractivity contribution in [1.29, 1.82) is 0 Å². The summed E-state index contributed by atoms with van der Waals surface area (Å²) in [6, 6.07) is 0. The van der Waals surface area contributed by atoms with Gasteiger partial charge in [0.2, 0.25) is 0 Å². The van der Waals surface area contributed by atoms with Crippen LogP contribution in [0.2, 0.25) is 0 Å². The second-order valence-corrected chi connectivity index (χ2v) is 3.22. The van der Waals surface area contributed by atoms with Crippen LogP contribution in [-0.2, 0) is 0 Å². The van der Waals surface area contributed by atoms with Gasteiger partial charge in [0.1, 0.15) is 0 Å². The Morgan fingerprint density at radius 3 is 2.85 bits per heavy atom.